The van der Waals surface area contributed by atoms with Crippen LogP contribution in [-0.2, 0) is 4.79 Å². The smallest absolute Gasteiger partial charge is 0.257 e. The van der Waals surface area contributed by atoms with Crippen molar-refractivity contribution in [3.8, 4) is 0 Å². The Morgan fingerprint density at radius 1 is 1.35 bits per heavy atom. The largest absolute Gasteiger partial charge is 0.395 e. The summed E-state index contributed by atoms with van der Waals surface area (Å²) in [5.74, 6) is -1.30. The third-order valence-electron chi connectivity index (χ3n) is 3.73. The first-order valence-corrected chi connectivity index (χ1v) is 7.77. The third kappa shape index (κ3) is 4.28. The van der Waals surface area contributed by atoms with Gasteiger partial charge in [0.2, 0.25) is 5.91 Å². The third-order valence-corrected chi connectivity index (χ3v) is 3.73. The zero-order chi connectivity index (χ0) is 17.2. The first kappa shape index (κ1) is 17.4. The Bertz CT molecular complexity index is 606. The average Bonchev–Trinajstić information content (AvgIpc) is 3.29. The second kappa shape index (κ2) is 6.66. The van der Waals surface area contributed by atoms with E-state index in [1.165, 1.54) is 23.1 Å². The molecule has 0 atom stereocenters. The number of rotatable bonds is 5. The van der Waals surface area contributed by atoms with Crippen LogP contribution in [0.3, 0.4) is 0 Å². The Morgan fingerprint density at radius 2 is 2.00 bits per heavy atom. The van der Waals surface area contributed by atoms with Crippen molar-refractivity contribution in [1.82, 2.24) is 4.90 Å². The summed E-state index contributed by atoms with van der Waals surface area (Å²) in [5.41, 5.74) is -0.290. The summed E-state index contributed by atoms with van der Waals surface area (Å²) in [5, 5.41) is 11.8. The topological polar surface area (TPSA) is 69.6 Å². The first-order valence-electron chi connectivity index (χ1n) is 7.77. The number of nitrogens with zero attached hydrogens (tertiary/aromatic N) is 1. The molecule has 0 aliphatic heterocycles. The molecule has 126 valence electrons. The van der Waals surface area contributed by atoms with Crippen molar-refractivity contribution >= 4 is 17.5 Å². The number of halogens is 1. The molecule has 1 aromatic carbocycles. The molecule has 1 saturated carbocycles. The summed E-state index contributed by atoms with van der Waals surface area (Å²) in [6.07, 6.45) is 1.74. The highest BCUT2D eigenvalue weighted by Crippen LogP contribution is 2.29. The number of hydrogen-bond acceptors (Lipinski definition) is 3. The monoisotopic (exact) mass is 322 g/mol. The van der Waals surface area contributed by atoms with E-state index in [1.54, 1.807) is 20.8 Å². The van der Waals surface area contributed by atoms with E-state index in [-0.39, 0.29) is 30.7 Å². The normalized spacial score (nSPS) is 14.5. The van der Waals surface area contributed by atoms with Crippen LogP contribution in [0.4, 0.5) is 10.1 Å². The zero-order valence-electron chi connectivity index (χ0n) is 13.7. The van der Waals surface area contributed by atoms with Gasteiger partial charge in [-0.05, 0) is 31.0 Å². The summed E-state index contributed by atoms with van der Waals surface area (Å²) in [6.45, 7) is 5.34. The molecule has 0 unspecified atom stereocenters. The van der Waals surface area contributed by atoms with E-state index in [1.807, 2.05) is 0 Å². The maximum atomic E-state index is 14.1. The van der Waals surface area contributed by atoms with Gasteiger partial charge in [0.1, 0.15) is 5.82 Å². The van der Waals surface area contributed by atoms with Crippen molar-refractivity contribution in [2.45, 2.75) is 39.7 Å². The van der Waals surface area contributed by atoms with Crippen LogP contribution in [0.25, 0.3) is 0 Å². The van der Waals surface area contributed by atoms with Gasteiger partial charge in [0.15, 0.2) is 0 Å². The Labute approximate surface area is 135 Å². The van der Waals surface area contributed by atoms with Crippen LogP contribution in [0.2, 0.25) is 0 Å². The Hall–Kier alpha value is -1.95. The van der Waals surface area contributed by atoms with E-state index in [4.69, 9.17) is 5.11 Å². The van der Waals surface area contributed by atoms with Gasteiger partial charge in [-0.1, -0.05) is 20.8 Å². The minimum atomic E-state index is -0.632. The molecular formula is C17H23FN2O3. The fourth-order valence-electron chi connectivity index (χ4n) is 2.18. The summed E-state index contributed by atoms with van der Waals surface area (Å²) >= 11 is 0. The lowest BCUT2D eigenvalue weighted by Gasteiger charge is -2.22. The highest BCUT2D eigenvalue weighted by atomic mass is 19.1. The second-order valence-corrected chi connectivity index (χ2v) is 6.85. The lowest BCUT2D eigenvalue weighted by Crippen LogP contribution is -2.36. The van der Waals surface area contributed by atoms with Crippen molar-refractivity contribution in [3.05, 3.63) is 29.6 Å². The molecule has 2 amide bonds. The molecule has 0 spiro atoms. The Morgan fingerprint density at radius 3 is 2.52 bits per heavy atom. The molecule has 6 heteroatoms. The van der Waals surface area contributed by atoms with Gasteiger partial charge >= 0.3 is 0 Å². The number of anilines is 1. The standard InChI is InChI=1S/C17H23FN2O3/c1-17(2,3)16(23)19-11-4-7-14(18)13(10-11)15(22)20(8-9-21)12-5-6-12/h4,7,10,12,21H,5-6,8-9H2,1-3H3,(H,19,23). The van der Waals surface area contributed by atoms with Crippen LogP contribution in [0.15, 0.2) is 18.2 Å². The Balaban J connectivity index is 2.22. The van der Waals surface area contributed by atoms with Crippen molar-refractivity contribution in [2.75, 3.05) is 18.5 Å². The molecule has 1 fully saturated rings. The van der Waals surface area contributed by atoms with Gasteiger partial charge in [0.25, 0.3) is 5.91 Å². The van der Waals surface area contributed by atoms with Crippen molar-refractivity contribution < 1.29 is 19.1 Å². The van der Waals surface area contributed by atoms with Gasteiger partial charge in [0.05, 0.1) is 12.2 Å². The van der Waals surface area contributed by atoms with Crippen LogP contribution in [0, 0.1) is 11.2 Å². The molecule has 1 aromatic rings. The fraction of sp³-hybridized carbons (Fsp3) is 0.529. The number of carbonyl (C=O) groups is 2. The maximum Gasteiger partial charge on any atom is 0.257 e. The number of benzene rings is 1. The molecule has 2 rings (SSSR count). The molecule has 23 heavy (non-hydrogen) atoms. The van der Waals surface area contributed by atoms with Gasteiger partial charge in [-0.3, -0.25) is 9.59 Å². The van der Waals surface area contributed by atoms with Crippen LogP contribution in [0.1, 0.15) is 44.0 Å². The van der Waals surface area contributed by atoms with Crippen molar-refractivity contribution in [1.29, 1.82) is 0 Å². The minimum Gasteiger partial charge on any atom is -0.395 e. The van der Waals surface area contributed by atoms with Gasteiger partial charge < -0.3 is 15.3 Å². The summed E-state index contributed by atoms with van der Waals surface area (Å²) in [4.78, 5) is 26.0. The van der Waals surface area contributed by atoms with Gasteiger partial charge in [0, 0.05) is 23.7 Å². The van der Waals surface area contributed by atoms with Crippen LogP contribution >= 0.6 is 0 Å². The molecule has 1 aliphatic rings. The average molecular weight is 322 g/mol. The van der Waals surface area contributed by atoms with Gasteiger partial charge in [-0.15, -0.1) is 0 Å². The molecule has 0 saturated heterocycles. The highest BCUT2D eigenvalue weighted by molar-refractivity contribution is 5.98. The first-order chi connectivity index (χ1) is 10.7. The molecule has 0 radical (unpaired) electrons. The van der Waals surface area contributed by atoms with E-state index in [0.717, 1.165) is 12.8 Å². The minimum absolute atomic E-state index is 0.0712. The van der Waals surface area contributed by atoms with E-state index < -0.39 is 17.1 Å². The molecule has 0 bridgehead atoms. The molecular weight excluding hydrogens is 299 g/mol. The van der Waals surface area contributed by atoms with Crippen molar-refractivity contribution in [3.63, 3.8) is 0 Å². The Kier molecular flexibility index (Phi) is 5.04. The lowest BCUT2D eigenvalue weighted by molar-refractivity contribution is -0.123. The predicted molar refractivity (Wildman–Crippen MR) is 85.6 cm³/mol. The number of aliphatic hydroxyl groups excluding tert-OH is 1. The summed E-state index contributed by atoms with van der Waals surface area (Å²) in [7, 11) is 0. The summed E-state index contributed by atoms with van der Waals surface area (Å²) < 4.78 is 14.1. The molecule has 2 N–H and O–H groups in total. The van der Waals surface area contributed by atoms with Crippen LogP contribution < -0.4 is 5.32 Å². The maximum absolute atomic E-state index is 14.1. The van der Waals surface area contributed by atoms with E-state index >= 15 is 0 Å². The van der Waals surface area contributed by atoms with Gasteiger partial charge in [-0.2, -0.15) is 0 Å². The van der Waals surface area contributed by atoms with Gasteiger partial charge in [-0.25, -0.2) is 4.39 Å². The van der Waals surface area contributed by atoms with E-state index in [0.29, 0.717) is 5.69 Å². The highest BCUT2D eigenvalue weighted by Gasteiger charge is 2.33. The number of aliphatic hydroxyl groups is 1. The molecule has 0 heterocycles. The SMILES string of the molecule is CC(C)(C)C(=O)Nc1ccc(F)c(C(=O)N(CCO)C2CC2)c1. The van der Waals surface area contributed by atoms with E-state index in [2.05, 4.69) is 5.32 Å². The van der Waals surface area contributed by atoms with Crippen molar-refractivity contribution in [2.24, 2.45) is 5.41 Å². The number of amides is 2. The quantitative estimate of drug-likeness (QED) is 0.874. The summed E-state index contributed by atoms with van der Waals surface area (Å²) in [6, 6.07) is 4.04. The number of hydrogen-bond donors (Lipinski definition) is 2. The molecule has 1 aliphatic carbocycles. The molecule has 0 aromatic heterocycles. The zero-order valence-corrected chi connectivity index (χ0v) is 13.7. The second-order valence-electron chi connectivity index (χ2n) is 6.85. The number of nitrogens with one attached hydrogen (secondary N) is 1. The van der Waals surface area contributed by atoms with Crippen LogP contribution in [-0.4, -0.2) is 41.0 Å². The number of carbonyl (C=O) groups excluding carboxylic acids is 2. The van der Waals surface area contributed by atoms with E-state index in [9.17, 15) is 14.0 Å². The fourth-order valence-corrected chi connectivity index (χ4v) is 2.18. The van der Waals surface area contributed by atoms with Crippen LogP contribution in [0.5, 0.6) is 0 Å². The lowest BCUT2D eigenvalue weighted by atomic mass is 9.95. The predicted octanol–water partition coefficient (Wildman–Crippen LogP) is 2.41. The molecule has 5 nitrogen and oxygen atoms in total.